The van der Waals surface area contributed by atoms with Gasteiger partial charge >= 0.3 is 0 Å². The average Bonchev–Trinajstić information content (AvgIpc) is 2.89. The van der Waals surface area contributed by atoms with E-state index in [9.17, 15) is 4.79 Å². The van der Waals surface area contributed by atoms with Crippen LogP contribution in [0.15, 0.2) is 29.6 Å². The third kappa shape index (κ3) is 3.36. The molecule has 0 saturated heterocycles. The first-order valence-electron chi connectivity index (χ1n) is 6.52. The lowest BCUT2D eigenvalue weighted by molar-refractivity contribution is 0.0786. The zero-order chi connectivity index (χ0) is 14.7. The first-order valence-corrected chi connectivity index (χ1v) is 7.40. The molecule has 0 spiro atoms. The molecule has 0 aliphatic rings. The second kappa shape index (κ2) is 6.05. The smallest absolute Gasteiger partial charge is 0.254 e. The van der Waals surface area contributed by atoms with Gasteiger partial charge in [-0.15, -0.1) is 11.3 Å². The Hall–Kier alpha value is -1.88. The van der Waals surface area contributed by atoms with Gasteiger partial charge in [-0.1, -0.05) is 19.9 Å². The molecule has 2 N–H and O–H groups in total. The third-order valence-electron chi connectivity index (χ3n) is 3.02. The molecule has 0 aromatic carbocycles. The minimum Gasteiger partial charge on any atom is -0.384 e. The molecule has 1 amide bonds. The topological polar surface area (TPSA) is 59.2 Å². The summed E-state index contributed by atoms with van der Waals surface area (Å²) in [5.41, 5.74) is 7.23. The van der Waals surface area contributed by atoms with Crippen molar-refractivity contribution in [1.29, 1.82) is 0 Å². The van der Waals surface area contributed by atoms with Crippen LogP contribution in [0.25, 0.3) is 0 Å². The van der Waals surface area contributed by atoms with Gasteiger partial charge < -0.3 is 10.6 Å². The molecule has 5 heteroatoms. The summed E-state index contributed by atoms with van der Waals surface area (Å²) in [5, 5.41) is 2.01. The van der Waals surface area contributed by atoms with Crippen molar-refractivity contribution < 1.29 is 4.79 Å². The van der Waals surface area contributed by atoms with Gasteiger partial charge in [-0.3, -0.25) is 4.79 Å². The van der Waals surface area contributed by atoms with Crippen molar-refractivity contribution in [1.82, 2.24) is 9.88 Å². The fourth-order valence-corrected chi connectivity index (χ4v) is 2.68. The molecule has 106 valence electrons. The summed E-state index contributed by atoms with van der Waals surface area (Å²) < 4.78 is 0. The molecule has 0 atom stereocenters. The van der Waals surface area contributed by atoms with E-state index in [0.29, 0.717) is 17.9 Å². The van der Waals surface area contributed by atoms with Crippen molar-refractivity contribution in [2.75, 3.05) is 12.8 Å². The van der Waals surface area contributed by atoms with Gasteiger partial charge in [0.15, 0.2) is 0 Å². The molecule has 0 bridgehead atoms. The van der Waals surface area contributed by atoms with Gasteiger partial charge in [-0.2, -0.15) is 0 Å². The fraction of sp³-hybridized carbons (Fsp3) is 0.333. The van der Waals surface area contributed by atoms with E-state index in [4.69, 9.17) is 5.73 Å². The zero-order valence-electron chi connectivity index (χ0n) is 12.0. The van der Waals surface area contributed by atoms with Gasteiger partial charge in [0.2, 0.25) is 0 Å². The van der Waals surface area contributed by atoms with Crippen LogP contribution in [0, 0.1) is 0 Å². The molecule has 2 aromatic rings. The number of rotatable bonds is 4. The quantitative estimate of drug-likeness (QED) is 0.940. The average molecular weight is 289 g/mol. The predicted molar refractivity (Wildman–Crippen MR) is 82.9 cm³/mol. The first kappa shape index (κ1) is 14.5. The van der Waals surface area contributed by atoms with E-state index >= 15 is 0 Å². The van der Waals surface area contributed by atoms with Crippen LogP contribution < -0.4 is 5.73 Å². The number of amides is 1. The number of nitrogens with zero attached hydrogens (tertiary/aromatic N) is 2. The standard InChI is InChI=1S/C15H19N3OS/c1-10(2)13-7-11(8-14(16)17-13)15(19)18(3)9-12-5-4-6-20-12/h4-8,10H,9H2,1-3H3,(H2,16,17). The number of thiophene rings is 1. The Morgan fingerprint density at radius 2 is 2.20 bits per heavy atom. The monoisotopic (exact) mass is 289 g/mol. The number of aromatic nitrogens is 1. The summed E-state index contributed by atoms with van der Waals surface area (Å²) >= 11 is 1.64. The van der Waals surface area contributed by atoms with Crippen molar-refractivity contribution in [3.05, 3.63) is 45.8 Å². The Bertz CT molecular complexity index is 593. The van der Waals surface area contributed by atoms with Crippen LogP contribution in [0.1, 0.15) is 40.7 Å². The lowest BCUT2D eigenvalue weighted by atomic mass is 10.1. The second-order valence-corrected chi connectivity index (χ2v) is 6.13. The number of hydrogen-bond donors (Lipinski definition) is 1. The molecular weight excluding hydrogens is 270 g/mol. The van der Waals surface area contributed by atoms with Crippen LogP contribution in [-0.4, -0.2) is 22.8 Å². The second-order valence-electron chi connectivity index (χ2n) is 5.10. The van der Waals surface area contributed by atoms with Gasteiger partial charge in [0, 0.05) is 23.2 Å². The van der Waals surface area contributed by atoms with Gasteiger partial charge in [-0.05, 0) is 29.5 Å². The maximum absolute atomic E-state index is 12.4. The summed E-state index contributed by atoms with van der Waals surface area (Å²) in [5.74, 6) is 0.603. The molecule has 0 unspecified atom stereocenters. The van der Waals surface area contributed by atoms with Crippen molar-refractivity contribution in [2.45, 2.75) is 26.3 Å². The highest BCUT2D eigenvalue weighted by Crippen LogP contribution is 2.18. The third-order valence-corrected chi connectivity index (χ3v) is 3.88. The number of anilines is 1. The molecule has 0 aliphatic carbocycles. The zero-order valence-corrected chi connectivity index (χ0v) is 12.8. The Labute approximate surface area is 123 Å². The van der Waals surface area contributed by atoms with Crippen molar-refractivity contribution in [3.8, 4) is 0 Å². The van der Waals surface area contributed by atoms with E-state index in [2.05, 4.69) is 4.98 Å². The summed E-state index contributed by atoms with van der Waals surface area (Å²) in [4.78, 5) is 19.6. The molecule has 0 radical (unpaired) electrons. The first-order chi connectivity index (χ1) is 9.47. The molecule has 0 fully saturated rings. The highest BCUT2D eigenvalue weighted by atomic mass is 32.1. The Balaban J connectivity index is 2.19. The van der Waals surface area contributed by atoms with Crippen LogP contribution in [0.4, 0.5) is 5.82 Å². The largest absolute Gasteiger partial charge is 0.384 e. The Morgan fingerprint density at radius 1 is 1.45 bits per heavy atom. The van der Waals surface area contributed by atoms with Gasteiger partial charge in [0.1, 0.15) is 5.82 Å². The van der Waals surface area contributed by atoms with Crippen LogP contribution in [-0.2, 0) is 6.54 Å². The van der Waals surface area contributed by atoms with Crippen LogP contribution in [0.3, 0.4) is 0 Å². The summed E-state index contributed by atoms with van der Waals surface area (Å²) in [6.07, 6.45) is 0. The summed E-state index contributed by atoms with van der Waals surface area (Å²) in [6, 6.07) is 7.47. The molecule has 0 aliphatic heterocycles. The highest BCUT2D eigenvalue weighted by molar-refractivity contribution is 7.09. The summed E-state index contributed by atoms with van der Waals surface area (Å²) in [6.45, 7) is 4.67. The van der Waals surface area contributed by atoms with E-state index in [0.717, 1.165) is 10.6 Å². The van der Waals surface area contributed by atoms with E-state index < -0.39 is 0 Å². The number of pyridine rings is 1. The Kier molecular flexibility index (Phi) is 4.39. The van der Waals surface area contributed by atoms with Crippen LogP contribution in [0.5, 0.6) is 0 Å². The number of nitrogens with two attached hydrogens (primary N) is 1. The van der Waals surface area contributed by atoms with Gasteiger partial charge in [-0.25, -0.2) is 4.98 Å². The highest BCUT2D eigenvalue weighted by Gasteiger charge is 2.15. The lowest BCUT2D eigenvalue weighted by Crippen LogP contribution is -2.26. The van der Waals surface area contributed by atoms with Crippen molar-refractivity contribution in [3.63, 3.8) is 0 Å². The molecule has 20 heavy (non-hydrogen) atoms. The molecule has 2 heterocycles. The maximum atomic E-state index is 12.4. The van der Waals surface area contributed by atoms with E-state index in [-0.39, 0.29) is 11.8 Å². The van der Waals surface area contributed by atoms with Crippen LogP contribution >= 0.6 is 11.3 Å². The van der Waals surface area contributed by atoms with Crippen molar-refractivity contribution >= 4 is 23.1 Å². The molecular formula is C15H19N3OS. The van der Waals surface area contributed by atoms with Gasteiger partial charge in [0.05, 0.1) is 6.54 Å². The van der Waals surface area contributed by atoms with Crippen LogP contribution in [0.2, 0.25) is 0 Å². The predicted octanol–water partition coefficient (Wildman–Crippen LogP) is 3.12. The fourth-order valence-electron chi connectivity index (χ4n) is 1.92. The number of nitrogen functional groups attached to an aromatic ring is 1. The van der Waals surface area contributed by atoms with E-state index in [1.165, 1.54) is 0 Å². The molecule has 2 rings (SSSR count). The molecule has 0 saturated carbocycles. The molecule has 2 aromatic heterocycles. The minimum absolute atomic E-state index is 0.0330. The van der Waals surface area contributed by atoms with Crippen molar-refractivity contribution in [2.24, 2.45) is 0 Å². The minimum atomic E-state index is -0.0330. The van der Waals surface area contributed by atoms with E-state index in [1.807, 2.05) is 37.4 Å². The summed E-state index contributed by atoms with van der Waals surface area (Å²) in [7, 11) is 1.80. The molecule has 4 nitrogen and oxygen atoms in total. The number of carbonyl (C=O) groups excluding carboxylic acids is 1. The number of carbonyl (C=O) groups is 1. The lowest BCUT2D eigenvalue weighted by Gasteiger charge is -2.17. The Morgan fingerprint density at radius 3 is 2.80 bits per heavy atom. The van der Waals surface area contributed by atoms with E-state index in [1.54, 1.807) is 29.4 Å². The SMILES string of the molecule is CC(C)c1cc(C(=O)N(C)Cc2cccs2)cc(N)n1. The maximum Gasteiger partial charge on any atom is 0.254 e. The number of hydrogen-bond acceptors (Lipinski definition) is 4. The van der Waals surface area contributed by atoms with Gasteiger partial charge in [0.25, 0.3) is 5.91 Å². The normalized spacial score (nSPS) is 10.8.